The van der Waals surface area contributed by atoms with Gasteiger partial charge in [-0.2, -0.15) is 0 Å². The van der Waals surface area contributed by atoms with Gasteiger partial charge < -0.3 is 9.47 Å². The molecular weight excluding hydrogens is 226 g/mol. The van der Waals surface area contributed by atoms with Crippen LogP contribution in [0.5, 0.6) is 0 Å². The van der Waals surface area contributed by atoms with Crippen LogP contribution in [0.25, 0.3) is 10.4 Å². The van der Waals surface area contributed by atoms with Crippen molar-refractivity contribution in [2.75, 3.05) is 13.2 Å². The van der Waals surface area contributed by atoms with Gasteiger partial charge in [0.1, 0.15) is 18.8 Å². The minimum atomic E-state index is -1.27. The van der Waals surface area contributed by atoms with E-state index < -0.39 is 17.5 Å². The molecule has 0 unspecified atom stereocenters. The number of azide groups is 1. The van der Waals surface area contributed by atoms with E-state index in [4.69, 9.17) is 15.0 Å². The van der Waals surface area contributed by atoms with Gasteiger partial charge >= 0.3 is 11.9 Å². The second-order valence-corrected chi connectivity index (χ2v) is 3.80. The molecule has 0 amide bonds. The van der Waals surface area contributed by atoms with Gasteiger partial charge in [-0.3, -0.25) is 4.79 Å². The standard InChI is InChI=1S/C10H15N3O4/c1-7(2)8(14)16-5-6-17-9(15)10(3,4)12-13-11/h1,5-6H2,2-4H3. The van der Waals surface area contributed by atoms with Gasteiger partial charge in [0.2, 0.25) is 0 Å². The van der Waals surface area contributed by atoms with E-state index >= 15 is 0 Å². The van der Waals surface area contributed by atoms with Gasteiger partial charge in [-0.05, 0) is 26.3 Å². The molecule has 0 aliphatic rings. The Morgan fingerprint density at radius 3 is 2.35 bits per heavy atom. The molecule has 7 heteroatoms. The zero-order valence-corrected chi connectivity index (χ0v) is 10.1. The van der Waals surface area contributed by atoms with Crippen LogP contribution in [-0.2, 0) is 19.1 Å². The fourth-order valence-corrected chi connectivity index (χ4v) is 0.721. The summed E-state index contributed by atoms with van der Waals surface area (Å²) in [5.41, 5.74) is 7.23. The van der Waals surface area contributed by atoms with Crippen LogP contribution in [0.3, 0.4) is 0 Å². The van der Waals surface area contributed by atoms with Crippen molar-refractivity contribution in [1.29, 1.82) is 0 Å². The van der Waals surface area contributed by atoms with E-state index in [9.17, 15) is 9.59 Å². The minimum Gasteiger partial charge on any atom is -0.462 e. The van der Waals surface area contributed by atoms with Crippen LogP contribution in [0.2, 0.25) is 0 Å². The molecule has 0 radical (unpaired) electrons. The number of esters is 2. The molecule has 0 saturated carbocycles. The second-order valence-electron chi connectivity index (χ2n) is 3.80. The van der Waals surface area contributed by atoms with E-state index in [0.717, 1.165) is 0 Å². The fourth-order valence-electron chi connectivity index (χ4n) is 0.721. The first kappa shape index (κ1) is 15.0. The zero-order valence-electron chi connectivity index (χ0n) is 10.1. The van der Waals surface area contributed by atoms with Crippen LogP contribution in [0.15, 0.2) is 17.3 Å². The molecule has 7 nitrogen and oxygen atoms in total. The summed E-state index contributed by atoms with van der Waals surface area (Å²) in [6.07, 6.45) is 0. The molecule has 0 aliphatic heterocycles. The Balaban J connectivity index is 3.99. The number of hydrogen-bond acceptors (Lipinski definition) is 5. The van der Waals surface area contributed by atoms with Crippen molar-refractivity contribution >= 4 is 11.9 Å². The predicted octanol–water partition coefficient (Wildman–Crippen LogP) is 1.74. The lowest BCUT2D eigenvalue weighted by Gasteiger charge is -2.15. The largest absolute Gasteiger partial charge is 0.462 e. The maximum Gasteiger partial charge on any atom is 0.333 e. The molecule has 0 heterocycles. The van der Waals surface area contributed by atoms with Crippen LogP contribution in [0.4, 0.5) is 0 Å². The SMILES string of the molecule is C=C(C)C(=O)OCCOC(=O)C(C)(C)N=[N+]=[N-]. The molecule has 0 rings (SSSR count). The molecule has 0 fully saturated rings. The Morgan fingerprint density at radius 2 is 1.88 bits per heavy atom. The smallest absolute Gasteiger partial charge is 0.333 e. The third-order valence-corrected chi connectivity index (χ3v) is 1.69. The van der Waals surface area contributed by atoms with Gasteiger partial charge in [0.05, 0.1) is 0 Å². The highest BCUT2D eigenvalue weighted by Crippen LogP contribution is 2.11. The Kier molecular flexibility index (Phi) is 5.77. The highest BCUT2D eigenvalue weighted by Gasteiger charge is 2.27. The maximum absolute atomic E-state index is 11.4. The van der Waals surface area contributed by atoms with Gasteiger partial charge in [-0.1, -0.05) is 11.7 Å². The predicted molar refractivity (Wildman–Crippen MR) is 60.0 cm³/mol. The van der Waals surface area contributed by atoms with Gasteiger partial charge in [-0.15, -0.1) is 0 Å². The zero-order chi connectivity index (χ0) is 13.5. The Labute approximate surface area is 99.0 Å². The average molecular weight is 241 g/mol. The highest BCUT2D eigenvalue weighted by molar-refractivity contribution is 5.86. The van der Waals surface area contributed by atoms with E-state index in [1.807, 2.05) is 0 Å². The van der Waals surface area contributed by atoms with E-state index in [1.165, 1.54) is 20.8 Å². The molecule has 0 N–H and O–H groups in total. The Bertz CT molecular complexity index is 370. The molecule has 0 aromatic carbocycles. The van der Waals surface area contributed by atoms with Gasteiger partial charge in [0.25, 0.3) is 0 Å². The van der Waals surface area contributed by atoms with Gasteiger partial charge in [0, 0.05) is 10.5 Å². The van der Waals surface area contributed by atoms with Crippen LogP contribution in [-0.4, -0.2) is 30.7 Å². The summed E-state index contributed by atoms with van der Waals surface area (Å²) in [7, 11) is 0. The van der Waals surface area contributed by atoms with Crippen molar-refractivity contribution < 1.29 is 19.1 Å². The first-order valence-corrected chi connectivity index (χ1v) is 4.87. The molecule has 17 heavy (non-hydrogen) atoms. The van der Waals surface area contributed by atoms with Crippen LogP contribution in [0, 0.1) is 0 Å². The Hall–Kier alpha value is -2.01. The number of rotatable bonds is 6. The molecule has 94 valence electrons. The molecule has 0 aliphatic carbocycles. The summed E-state index contributed by atoms with van der Waals surface area (Å²) in [5, 5.41) is 3.28. The lowest BCUT2D eigenvalue weighted by Crippen LogP contribution is -2.32. The molecule has 0 bridgehead atoms. The summed E-state index contributed by atoms with van der Waals surface area (Å²) in [6, 6.07) is 0. The van der Waals surface area contributed by atoms with Crippen LogP contribution in [0.1, 0.15) is 20.8 Å². The summed E-state index contributed by atoms with van der Waals surface area (Å²) < 4.78 is 9.49. The lowest BCUT2D eigenvalue weighted by molar-refractivity contribution is -0.153. The highest BCUT2D eigenvalue weighted by atomic mass is 16.6. The third-order valence-electron chi connectivity index (χ3n) is 1.69. The van der Waals surface area contributed by atoms with Crippen molar-refractivity contribution in [3.05, 3.63) is 22.6 Å². The van der Waals surface area contributed by atoms with Crippen molar-refractivity contribution in [3.63, 3.8) is 0 Å². The van der Waals surface area contributed by atoms with Crippen LogP contribution < -0.4 is 0 Å². The van der Waals surface area contributed by atoms with Gasteiger partial charge in [-0.25, -0.2) is 4.79 Å². The first-order chi connectivity index (χ1) is 7.81. The topological polar surface area (TPSA) is 101 Å². The van der Waals surface area contributed by atoms with E-state index in [0.29, 0.717) is 0 Å². The number of hydrogen-bond donors (Lipinski definition) is 0. The monoisotopic (exact) mass is 241 g/mol. The van der Waals surface area contributed by atoms with Crippen LogP contribution >= 0.6 is 0 Å². The third kappa shape index (κ3) is 5.58. The Morgan fingerprint density at radius 1 is 1.35 bits per heavy atom. The first-order valence-electron chi connectivity index (χ1n) is 4.87. The lowest BCUT2D eigenvalue weighted by atomic mass is 10.1. The molecule has 0 atom stereocenters. The summed E-state index contributed by atoms with van der Waals surface area (Å²) >= 11 is 0. The summed E-state index contributed by atoms with van der Waals surface area (Å²) in [4.78, 5) is 24.9. The minimum absolute atomic E-state index is 0.0657. The average Bonchev–Trinajstić information content (AvgIpc) is 2.23. The van der Waals surface area contributed by atoms with E-state index in [-0.39, 0.29) is 18.8 Å². The van der Waals surface area contributed by atoms with Crippen molar-refractivity contribution in [1.82, 2.24) is 0 Å². The summed E-state index contributed by atoms with van der Waals surface area (Å²) in [5.74, 6) is -1.22. The van der Waals surface area contributed by atoms with Gasteiger partial charge in [0.15, 0.2) is 0 Å². The number of carbonyl (C=O) groups excluding carboxylic acids is 2. The number of nitrogens with zero attached hydrogens (tertiary/aromatic N) is 3. The number of carbonyl (C=O) groups is 2. The molecule has 0 saturated heterocycles. The van der Waals surface area contributed by atoms with E-state index in [2.05, 4.69) is 16.6 Å². The molecule has 0 aromatic heterocycles. The van der Waals surface area contributed by atoms with E-state index in [1.54, 1.807) is 0 Å². The molecular formula is C10H15N3O4. The number of ether oxygens (including phenoxy) is 2. The summed E-state index contributed by atoms with van der Waals surface area (Å²) in [6.45, 7) is 7.60. The second kappa shape index (κ2) is 6.55. The maximum atomic E-state index is 11.4. The normalized spacial score (nSPS) is 10.1. The fraction of sp³-hybridized carbons (Fsp3) is 0.600. The quantitative estimate of drug-likeness (QED) is 0.176. The van der Waals surface area contributed by atoms with Crippen molar-refractivity contribution in [3.8, 4) is 0 Å². The van der Waals surface area contributed by atoms with Crippen molar-refractivity contribution in [2.45, 2.75) is 26.3 Å². The molecule has 0 aromatic rings. The molecule has 0 spiro atoms. The van der Waals surface area contributed by atoms with Crippen molar-refractivity contribution in [2.24, 2.45) is 5.11 Å².